The Balaban J connectivity index is 1.28. The maximum Gasteiger partial charge on any atom is 0.266 e. The second-order valence-electron chi connectivity index (χ2n) is 8.28. The van der Waals surface area contributed by atoms with Crippen molar-refractivity contribution >= 4 is 45.4 Å². The molecule has 1 fully saturated rings. The first-order valence-electron chi connectivity index (χ1n) is 11.7. The predicted octanol–water partition coefficient (Wildman–Crippen LogP) is 7.32. The van der Waals surface area contributed by atoms with Gasteiger partial charge in [-0.3, -0.25) is 9.69 Å². The maximum atomic E-state index is 13.0. The average molecular weight is 512 g/mol. The number of rotatable bonds is 7. The maximum absolute atomic E-state index is 13.0. The molecular weight excluding hydrogens is 486 g/mol. The molecule has 1 aromatic heterocycles. The number of aromatic nitrogens is 1. The molecular formula is C29H25N3O2S2. The molecule has 1 saturated heterocycles. The van der Waals surface area contributed by atoms with Crippen LogP contribution in [0.3, 0.4) is 0 Å². The number of ether oxygens (including phenoxy) is 1. The number of hydrogen-bond acceptors (Lipinski definition) is 6. The number of thioether (sulfide) groups is 1. The summed E-state index contributed by atoms with van der Waals surface area (Å²) in [5, 5.41) is 3.28. The van der Waals surface area contributed by atoms with E-state index in [1.807, 2.05) is 73.0 Å². The predicted molar refractivity (Wildman–Crippen MR) is 150 cm³/mol. The fraction of sp³-hybridized carbons (Fsp3) is 0.138. The summed E-state index contributed by atoms with van der Waals surface area (Å²) in [6.45, 7) is 5.09. The van der Waals surface area contributed by atoms with Gasteiger partial charge in [0.2, 0.25) is 5.13 Å². The van der Waals surface area contributed by atoms with E-state index in [1.54, 1.807) is 4.90 Å². The zero-order valence-corrected chi connectivity index (χ0v) is 21.7. The Kier molecular flexibility index (Phi) is 7.30. The summed E-state index contributed by atoms with van der Waals surface area (Å²) in [6, 6.07) is 26.1. The molecule has 5 rings (SSSR count). The molecule has 0 atom stereocenters. The number of amidine groups is 1. The van der Waals surface area contributed by atoms with Crippen molar-refractivity contribution in [1.29, 1.82) is 0 Å². The third-order valence-electron chi connectivity index (χ3n) is 5.66. The van der Waals surface area contributed by atoms with Gasteiger partial charge in [-0.1, -0.05) is 72.3 Å². The van der Waals surface area contributed by atoms with E-state index >= 15 is 0 Å². The second kappa shape index (κ2) is 10.9. The first-order valence-corrected chi connectivity index (χ1v) is 13.4. The van der Waals surface area contributed by atoms with E-state index in [2.05, 4.69) is 36.2 Å². The number of aryl methyl sites for hydroxylation is 1. The van der Waals surface area contributed by atoms with E-state index in [4.69, 9.17) is 9.73 Å². The number of likely N-dealkylation sites (N-methyl/N-ethyl adjacent to an activating group) is 1. The van der Waals surface area contributed by atoms with Crippen LogP contribution in [0.2, 0.25) is 0 Å². The quantitative estimate of drug-likeness (QED) is 0.244. The normalized spacial score (nSPS) is 15.7. The molecule has 1 amide bonds. The van der Waals surface area contributed by atoms with E-state index in [9.17, 15) is 4.79 Å². The van der Waals surface area contributed by atoms with Crippen LogP contribution in [-0.4, -0.2) is 27.5 Å². The van der Waals surface area contributed by atoms with Crippen molar-refractivity contribution in [2.75, 3.05) is 6.54 Å². The molecule has 0 radical (unpaired) electrons. The van der Waals surface area contributed by atoms with Crippen LogP contribution in [0, 0.1) is 6.92 Å². The Bertz CT molecular complexity index is 1410. The summed E-state index contributed by atoms with van der Waals surface area (Å²) in [4.78, 5) is 24.7. The largest absolute Gasteiger partial charge is 0.489 e. The Hall–Kier alpha value is -3.68. The van der Waals surface area contributed by atoms with Gasteiger partial charge >= 0.3 is 0 Å². The number of hydrogen-bond donors (Lipinski definition) is 0. The summed E-state index contributed by atoms with van der Waals surface area (Å²) in [6.07, 6.45) is 1.90. The third-order valence-corrected chi connectivity index (χ3v) is 7.40. The van der Waals surface area contributed by atoms with Crippen LogP contribution in [0.25, 0.3) is 17.3 Å². The van der Waals surface area contributed by atoms with Gasteiger partial charge in [-0.25, -0.2) is 4.98 Å². The monoisotopic (exact) mass is 511 g/mol. The van der Waals surface area contributed by atoms with Crippen LogP contribution in [0.15, 0.2) is 94.1 Å². The number of carbonyl (C=O) groups is 1. The summed E-state index contributed by atoms with van der Waals surface area (Å²) in [5.74, 6) is 0.749. The van der Waals surface area contributed by atoms with Gasteiger partial charge in [-0.15, -0.1) is 11.3 Å². The minimum atomic E-state index is -0.0409. The molecule has 0 bridgehead atoms. The van der Waals surface area contributed by atoms with Crippen molar-refractivity contribution in [2.45, 2.75) is 20.5 Å². The van der Waals surface area contributed by atoms with Crippen LogP contribution < -0.4 is 4.74 Å². The van der Waals surface area contributed by atoms with E-state index in [1.165, 1.54) is 28.7 Å². The van der Waals surface area contributed by atoms with Gasteiger partial charge in [0.15, 0.2) is 5.17 Å². The lowest BCUT2D eigenvalue weighted by Crippen LogP contribution is -2.28. The van der Waals surface area contributed by atoms with E-state index < -0.39 is 0 Å². The van der Waals surface area contributed by atoms with Crippen LogP contribution in [0.4, 0.5) is 5.13 Å². The lowest BCUT2D eigenvalue weighted by Gasteiger charge is -2.11. The summed E-state index contributed by atoms with van der Waals surface area (Å²) in [5.41, 5.74) is 5.23. The molecule has 7 heteroatoms. The highest BCUT2D eigenvalue weighted by Gasteiger charge is 2.32. The number of amides is 1. The Labute approximate surface area is 219 Å². The minimum Gasteiger partial charge on any atom is -0.489 e. The third kappa shape index (κ3) is 5.58. The summed E-state index contributed by atoms with van der Waals surface area (Å²) >= 11 is 2.85. The first kappa shape index (κ1) is 24.0. The molecule has 36 heavy (non-hydrogen) atoms. The molecule has 4 aromatic rings. The highest BCUT2D eigenvalue weighted by molar-refractivity contribution is 8.18. The molecule has 2 heterocycles. The number of benzene rings is 3. The minimum absolute atomic E-state index is 0.0409. The first-order chi connectivity index (χ1) is 17.6. The Morgan fingerprint density at radius 1 is 1.00 bits per heavy atom. The van der Waals surface area contributed by atoms with Gasteiger partial charge in [-0.2, -0.15) is 4.99 Å². The van der Waals surface area contributed by atoms with Crippen LogP contribution in [-0.2, 0) is 11.4 Å². The molecule has 0 spiro atoms. The Morgan fingerprint density at radius 2 is 1.75 bits per heavy atom. The molecule has 0 saturated carbocycles. The fourth-order valence-corrected chi connectivity index (χ4v) is 5.47. The van der Waals surface area contributed by atoms with E-state index in [-0.39, 0.29) is 5.91 Å². The second-order valence-corrected chi connectivity index (χ2v) is 10.1. The molecule has 1 aliphatic heterocycles. The number of carbonyl (C=O) groups excluding carboxylic acids is 1. The summed E-state index contributed by atoms with van der Waals surface area (Å²) in [7, 11) is 0. The van der Waals surface area contributed by atoms with E-state index in [0.717, 1.165) is 28.1 Å². The molecule has 0 aliphatic carbocycles. The standard InChI is InChI=1S/C29H25N3O2S2/c1-3-32-27(33)26(36-29(32)31-28-30-25(19-35-28)23-7-5-4-6-8-23)17-21-13-15-24(16-14-21)34-18-22-11-9-20(2)10-12-22/h4-17,19H,3,18H2,1-2H3/b26-17-,31-29+. The number of thiazole rings is 1. The zero-order valence-electron chi connectivity index (χ0n) is 20.0. The lowest BCUT2D eigenvalue weighted by atomic mass is 10.1. The molecule has 0 N–H and O–H groups in total. The Morgan fingerprint density at radius 3 is 2.47 bits per heavy atom. The van der Waals surface area contributed by atoms with Gasteiger partial charge in [0.1, 0.15) is 12.4 Å². The van der Waals surface area contributed by atoms with E-state index in [0.29, 0.717) is 28.4 Å². The van der Waals surface area contributed by atoms with Crippen molar-refractivity contribution in [2.24, 2.45) is 4.99 Å². The molecule has 0 unspecified atom stereocenters. The van der Waals surface area contributed by atoms with Crippen molar-refractivity contribution in [3.05, 3.63) is 106 Å². The number of nitrogens with zero attached hydrogens (tertiary/aromatic N) is 3. The highest BCUT2D eigenvalue weighted by atomic mass is 32.2. The molecule has 180 valence electrons. The van der Waals surface area contributed by atoms with Gasteiger partial charge < -0.3 is 4.74 Å². The van der Waals surface area contributed by atoms with Crippen LogP contribution >= 0.6 is 23.1 Å². The van der Waals surface area contributed by atoms with Crippen molar-refractivity contribution in [1.82, 2.24) is 9.88 Å². The number of aliphatic imine (C=N–C) groups is 1. The topological polar surface area (TPSA) is 54.8 Å². The fourth-order valence-electron chi connectivity index (χ4n) is 3.67. The highest BCUT2D eigenvalue weighted by Crippen LogP contribution is 2.35. The van der Waals surface area contributed by atoms with Crippen molar-refractivity contribution < 1.29 is 9.53 Å². The smallest absolute Gasteiger partial charge is 0.266 e. The summed E-state index contributed by atoms with van der Waals surface area (Å²) < 4.78 is 5.90. The molecule has 3 aromatic carbocycles. The van der Waals surface area contributed by atoms with Gasteiger partial charge in [-0.05, 0) is 54.9 Å². The van der Waals surface area contributed by atoms with Crippen LogP contribution in [0.1, 0.15) is 23.6 Å². The SMILES string of the molecule is CCN1C(=O)/C(=C/c2ccc(OCc3ccc(C)cc3)cc2)S/C1=N/c1nc(-c2ccccc2)cs1. The molecule has 1 aliphatic rings. The van der Waals surface area contributed by atoms with Crippen molar-refractivity contribution in [3.8, 4) is 17.0 Å². The average Bonchev–Trinajstić information content (AvgIpc) is 3.49. The molecule has 5 nitrogen and oxygen atoms in total. The van der Waals surface area contributed by atoms with Gasteiger partial charge in [0, 0.05) is 17.5 Å². The lowest BCUT2D eigenvalue weighted by molar-refractivity contribution is -0.122. The van der Waals surface area contributed by atoms with Gasteiger partial charge in [0.05, 0.1) is 10.6 Å². The van der Waals surface area contributed by atoms with Gasteiger partial charge in [0.25, 0.3) is 5.91 Å². The van der Waals surface area contributed by atoms with Crippen molar-refractivity contribution in [3.63, 3.8) is 0 Å². The zero-order chi connectivity index (χ0) is 24.9. The van der Waals surface area contributed by atoms with Crippen LogP contribution in [0.5, 0.6) is 5.75 Å².